The van der Waals surface area contributed by atoms with Crippen molar-refractivity contribution < 1.29 is 31.1 Å². The topological polar surface area (TPSA) is 85.4 Å². The first-order chi connectivity index (χ1) is 15.5. The summed E-state index contributed by atoms with van der Waals surface area (Å²) in [6.45, 7) is 0. The van der Waals surface area contributed by atoms with Crippen LogP contribution in [0.2, 0.25) is 0 Å². The number of anilines is 3. The Balaban J connectivity index is 1.84. The standard InChI is InChI=1S/C21H17F6N5O/c22-20(23,24)13-4-2-1-3-5-15(10-13)29-11-17-18(28)30-12-31-19(17)32-14-6-8-16(9-7-14)33-21(25,26)27/h1-2,4,6-12H,3,5H2,(H3,28,30,31,32). The molecule has 33 heavy (non-hydrogen) atoms. The van der Waals surface area contributed by atoms with E-state index in [1.165, 1.54) is 24.4 Å². The molecule has 6 nitrogen and oxygen atoms in total. The molecule has 0 aliphatic heterocycles. The van der Waals surface area contributed by atoms with Crippen LogP contribution in [0.15, 0.2) is 71.2 Å². The number of allylic oxidation sites excluding steroid dienone is 6. The second kappa shape index (κ2) is 9.76. The first-order valence-corrected chi connectivity index (χ1v) is 9.43. The van der Waals surface area contributed by atoms with E-state index in [0.29, 0.717) is 12.1 Å². The molecule has 0 radical (unpaired) electrons. The Labute approximate surface area is 184 Å². The van der Waals surface area contributed by atoms with Crippen LogP contribution in [-0.4, -0.2) is 28.7 Å². The number of rotatable bonds is 5. The summed E-state index contributed by atoms with van der Waals surface area (Å²) in [7, 11) is 0. The summed E-state index contributed by atoms with van der Waals surface area (Å²) in [6, 6.07) is 4.85. The van der Waals surface area contributed by atoms with Gasteiger partial charge >= 0.3 is 12.5 Å². The van der Waals surface area contributed by atoms with Gasteiger partial charge in [-0.2, -0.15) is 13.2 Å². The maximum absolute atomic E-state index is 13.2. The number of aromatic nitrogens is 2. The number of nitrogens with zero attached hydrogens (tertiary/aromatic N) is 3. The zero-order chi connectivity index (χ0) is 24.1. The summed E-state index contributed by atoms with van der Waals surface area (Å²) in [5.74, 6) is -0.240. The second-order valence-electron chi connectivity index (χ2n) is 6.70. The quantitative estimate of drug-likeness (QED) is 0.424. The Hall–Kier alpha value is -3.83. The number of nitrogens with two attached hydrogens (primary N) is 1. The Bertz CT molecular complexity index is 1100. The number of hydrogen-bond acceptors (Lipinski definition) is 6. The SMILES string of the molecule is Nc1ncnc(Nc2ccc(OC(F)(F)F)cc2)c1C=NC1=CC(C(F)(F)F)=CC=CCC1. The van der Waals surface area contributed by atoms with E-state index >= 15 is 0 Å². The molecule has 1 aliphatic rings. The minimum absolute atomic E-state index is 0.00574. The molecule has 0 atom stereocenters. The van der Waals surface area contributed by atoms with E-state index in [1.54, 1.807) is 6.08 Å². The number of alkyl halides is 6. The van der Waals surface area contributed by atoms with Gasteiger partial charge in [-0.15, -0.1) is 13.2 Å². The molecular formula is C21H17F6N5O. The molecule has 12 heteroatoms. The van der Waals surface area contributed by atoms with E-state index in [9.17, 15) is 26.3 Å². The van der Waals surface area contributed by atoms with Crippen LogP contribution in [0, 0.1) is 0 Å². The Morgan fingerprint density at radius 3 is 2.45 bits per heavy atom. The molecule has 0 saturated heterocycles. The third-order valence-electron chi connectivity index (χ3n) is 4.25. The lowest BCUT2D eigenvalue weighted by Gasteiger charge is -2.12. The molecule has 0 amide bonds. The summed E-state index contributed by atoms with van der Waals surface area (Å²) in [6.07, 6.45) is -1.34. The van der Waals surface area contributed by atoms with Crippen molar-refractivity contribution in [3.05, 3.63) is 71.7 Å². The average Bonchev–Trinajstić information content (AvgIpc) is 2.68. The largest absolute Gasteiger partial charge is 0.573 e. The van der Waals surface area contributed by atoms with Gasteiger partial charge in [0.1, 0.15) is 23.7 Å². The van der Waals surface area contributed by atoms with Gasteiger partial charge in [-0.25, -0.2) is 9.97 Å². The Morgan fingerprint density at radius 2 is 1.79 bits per heavy atom. The molecule has 1 aliphatic carbocycles. The lowest BCUT2D eigenvalue weighted by atomic mass is 10.1. The van der Waals surface area contributed by atoms with Crippen molar-refractivity contribution in [1.82, 2.24) is 9.97 Å². The van der Waals surface area contributed by atoms with Crippen molar-refractivity contribution in [1.29, 1.82) is 0 Å². The van der Waals surface area contributed by atoms with Gasteiger partial charge in [0, 0.05) is 17.6 Å². The number of nitrogens with one attached hydrogen (secondary N) is 1. The highest BCUT2D eigenvalue weighted by Gasteiger charge is 2.32. The Morgan fingerprint density at radius 1 is 1.06 bits per heavy atom. The normalized spacial score (nSPS) is 15.0. The van der Waals surface area contributed by atoms with E-state index in [-0.39, 0.29) is 29.3 Å². The predicted octanol–water partition coefficient (Wildman–Crippen LogP) is 5.84. The van der Waals surface area contributed by atoms with Crippen LogP contribution in [-0.2, 0) is 0 Å². The number of benzene rings is 1. The summed E-state index contributed by atoms with van der Waals surface area (Å²) in [5, 5.41) is 2.87. The van der Waals surface area contributed by atoms with Crippen LogP contribution >= 0.6 is 0 Å². The highest BCUT2D eigenvalue weighted by atomic mass is 19.4. The molecule has 0 bridgehead atoms. The van der Waals surface area contributed by atoms with Crippen LogP contribution in [0.3, 0.4) is 0 Å². The second-order valence-corrected chi connectivity index (χ2v) is 6.70. The zero-order valence-corrected chi connectivity index (χ0v) is 16.8. The summed E-state index contributed by atoms with van der Waals surface area (Å²) in [5.41, 5.74) is 5.77. The molecule has 174 valence electrons. The molecule has 1 heterocycles. The summed E-state index contributed by atoms with van der Waals surface area (Å²) >= 11 is 0. The number of aliphatic imine (C=N–C) groups is 1. The minimum atomic E-state index is -4.82. The molecule has 1 aromatic heterocycles. The third kappa shape index (κ3) is 7.09. The maximum Gasteiger partial charge on any atom is 0.573 e. The van der Waals surface area contributed by atoms with E-state index < -0.39 is 23.9 Å². The molecular weight excluding hydrogens is 452 g/mol. The molecule has 0 fully saturated rings. The molecule has 3 rings (SSSR count). The number of hydrogen-bond donors (Lipinski definition) is 2. The van der Waals surface area contributed by atoms with E-state index in [1.807, 2.05) is 0 Å². The molecule has 3 N–H and O–H groups in total. The van der Waals surface area contributed by atoms with Gasteiger partial charge in [0.05, 0.1) is 11.1 Å². The van der Waals surface area contributed by atoms with Gasteiger partial charge in [0.25, 0.3) is 0 Å². The first kappa shape index (κ1) is 23.8. The van der Waals surface area contributed by atoms with E-state index in [0.717, 1.165) is 30.6 Å². The maximum atomic E-state index is 13.2. The smallest absolute Gasteiger partial charge is 0.406 e. The molecule has 0 spiro atoms. The van der Waals surface area contributed by atoms with Crippen molar-refractivity contribution in [3.8, 4) is 5.75 Å². The average molecular weight is 469 g/mol. The fourth-order valence-corrected chi connectivity index (χ4v) is 2.74. The summed E-state index contributed by atoms with van der Waals surface area (Å²) in [4.78, 5) is 12.0. The third-order valence-corrected chi connectivity index (χ3v) is 4.25. The zero-order valence-electron chi connectivity index (χ0n) is 16.8. The van der Waals surface area contributed by atoms with Crippen LogP contribution in [0.4, 0.5) is 43.7 Å². The van der Waals surface area contributed by atoms with Gasteiger partial charge in [-0.1, -0.05) is 18.2 Å². The summed E-state index contributed by atoms with van der Waals surface area (Å²) < 4.78 is 80.2. The van der Waals surface area contributed by atoms with Crippen molar-refractivity contribution in [2.24, 2.45) is 4.99 Å². The fraction of sp³-hybridized carbons (Fsp3) is 0.190. The number of halogens is 6. The highest BCUT2D eigenvalue weighted by Crippen LogP contribution is 2.30. The van der Waals surface area contributed by atoms with Crippen molar-refractivity contribution >= 4 is 23.5 Å². The van der Waals surface area contributed by atoms with Gasteiger partial charge in [-0.3, -0.25) is 4.99 Å². The van der Waals surface area contributed by atoms with Crippen LogP contribution in [0.5, 0.6) is 5.75 Å². The molecule has 0 unspecified atom stereocenters. The van der Waals surface area contributed by atoms with Crippen molar-refractivity contribution in [2.75, 3.05) is 11.1 Å². The van der Waals surface area contributed by atoms with Crippen LogP contribution in [0.25, 0.3) is 0 Å². The lowest BCUT2D eigenvalue weighted by Crippen LogP contribution is -2.17. The van der Waals surface area contributed by atoms with Gasteiger partial charge in [-0.05, 0) is 43.2 Å². The fourth-order valence-electron chi connectivity index (χ4n) is 2.74. The molecule has 0 saturated carbocycles. The highest BCUT2D eigenvalue weighted by molar-refractivity contribution is 5.93. The van der Waals surface area contributed by atoms with Crippen LogP contribution in [0.1, 0.15) is 18.4 Å². The van der Waals surface area contributed by atoms with E-state index in [2.05, 4.69) is 25.0 Å². The monoisotopic (exact) mass is 469 g/mol. The van der Waals surface area contributed by atoms with Gasteiger partial charge in [0.15, 0.2) is 0 Å². The minimum Gasteiger partial charge on any atom is -0.406 e. The first-order valence-electron chi connectivity index (χ1n) is 9.43. The van der Waals surface area contributed by atoms with Crippen LogP contribution < -0.4 is 15.8 Å². The van der Waals surface area contributed by atoms with E-state index in [4.69, 9.17) is 5.73 Å². The molecule has 1 aromatic carbocycles. The predicted molar refractivity (Wildman–Crippen MR) is 111 cm³/mol. The number of nitrogen functional groups attached to an aromatic ring is 1. The van der Waals surface area contributed by atoms with Crippen molar-refractivity contribution in [2.45, 2.75) is 25.4 Å². The van der Waals surface area contributed by atoms with Gasteiger partial charge in [0.2, 0.25) is 0 Å². The lowest BCUT2D eigenvalue weighted by molar-refractivity contribution is -0.274. The van der Waals surface area contributed by atoms with Gasteiger partial charge < -0.3 is 15.8 Å². The van der Waals surface area contributed by atoms with Crippen molar-refractivity contribution in [3.63, 3.8) is 0 Å². The number of ether oxygens (including phenoxy) is 1. The molecule has 2 aromatic rings. The Kier molecular flexibility index (Phi) is 7.04.